The fourth-order valence-corrected chi connectivity index (χ4v) is 3.04. The van der Waals surface area contributed by atoms with Gasteiger partial charge in [0.15, 0.2) is 10.1 Å². The number of rotatable bonds is 8. The zero-order valence-corrected chi connectivity index (χ0v) is 25.2. The van der Waals surface area contributed by atoms with Gasteiger partial charge < -0.3 is 39.2 Å². The van der Waals surface area contributed by atoms with Gasteiger partial charge in [-0.3, -0.25) is 0 Å². The number of aromatic nitrogens is 4. The number of hydrogen-bond acceptors (Lipinski definition) is 10. The van der Waals surface area contributed by atoms with E-state index in [0.29, 0.717) is 0 Å². The second kappa shape index (κ2) is 16.0. The summed E-state index contributed by atoms with van der Waals surface area (Å²) < 4.78 is 10.4. The van der Waals surface area contributed by atoms with Crippen molar-refractivity contribution >= 4 is 68.5 Å². The van der Waals surface area contributed by atoms with Gasteiger partial charge in [-0.1, -0.05) is 24.3 Å². The van der Waals surface area contributed by atoms with Gasteiger partial charge in [-0.25, -0.2) is 0 Å². The fourth-order valence-electron chi connectivity index (χ4n) is 2.68. The minimum Gasteiger partial charge on any atom is -0.550 e. The Morgan fingerprint density at radius 3 is 1.39 bits per heavy atom. The Morgan fingerprint density at radius 2 is 1.06 bits per heavy atom. The summed E-state index contributed by atoms with van der Waals surface area (Å²) in [5.74, 6) is -2.30. The number of ether oxygens (including phenoxy) is 2. The maximum absolute atomic E-state index is 10.2. The molecule has 0 unspecified atom stereocenters. The molecule has 0 spiro atoms. The molecule has 0 aliphatic carbocycles. The van der Waals surface area contributed by atoms with Crippen molar-refractivity contribution in [1.82, 2.24) is 19.9 Å². The number of hydrogen-bond donors (Lipinski definition) is 2. The molecule has 2 aromatic heterocycles. The van der Waals surface area contributed by atoms with Gasteiger partial charge in [0.25, 0.3) is 0 Å². The van der Waals surface area contributed by atoms with Crippen LogP contribution in [-0.4, -0.2) is 42.0 Å². The first-order valence-corrected chi connectivity index (χ1v) is 10.8. The molecule has 0 saturated carbocycles. The molecule has 36 heavy (non-hydrogen) atoms. The van der Waals surface area contributed by atoms with E-state index in [-0.39, 0.29) is 107 Å². The van der Waals surface area contributed by atoms with Crippen LogP contribution < -0.4 is 78.8 Å². The maximum atomic E-state index is 10.2. The van der Waals surface area contributed by atoms with Crippen molar-refractivity contribution in [1.29, 1.82) is 0 Å². The Balaban J connectivity index is 0.000000341. The molecule has 0 saturated heterocycles. The third kappa shape index (κ3) is 10.6. The molecule has 0 bridgehead atoms. The third-order valence-corrected chi connectivity index (χ3v) is 4.80. The Morgan fingerprint density at radius 1 is 0.694 bits per heavy atom. The third-order valence-electron chi connectivity index (χ3n) is 4.22. The first-order valence-electron chi connectivity index (χ1n) is 10.0. The van der Waals surface area contributed by atoms with Gasteiger partial charge in [0.2, 0.25) is 0 Å². The van der Waals surface area contributed by atoms with Gasteiger partial charge in [-0.15, -0.1) is 0 Å². The average Bonchev–Trinajstić information content (AvgIpc) is 3.39. The molecule has 0 atom stereocenters. The van der Waals surface area contributed by atoms with E-state index in [4.69, 9.17) is 33.9 Å². The quantitative estimate of drug-likeness (QED) is 0.164. The molecule has 0 aliphatic rings. The molecule has 2 aromatic carbocycles. The van der Waals surface area contributed by atoms with E-state index in [1.165, 1.54) is 0 Å². The molecule has 10 nitrogen and oxygen atoms in total. The molecule has 4 rings (SSSR count). The summed E-state index contributed by atoms with van der Waals surface area (Å²) in [5, 5.41) is 20.8. The van der Waals surface area contributed by atoms with Gasteiger partial charge in [0.1, 0.15) is 0 Å². The number of imidazole rings is 2. The van der Waals surface area contributed by atoms with Crippen molar-refractivity contribution in [3.63, 3.8) is 0 Å². The van der Waals surface area contributed by atoms with E-state index in [1.54, 1.807) is 0 Å². The Labute approximate surface area is 260 Å². The van der Waals surface area contributed by atoms with Crippen molar-refractivity contribution < 1.29 is 88.4 Å². The molecular weight excluding hydrogens is 526 g/mol. The smallest absolute Gasteiger partial charge is 0.550 e. The number of carboxylic acids is 2. The number of thiocarbonyl (C=S) groups is 2. The number of carbonyl (C=O) groups excluding carboxylic acids is 2. The number of nitrogens with one attached hydrogen (secondary N) is 2. The van der Waals surface area contributed by atoms with Crippen LogP contribution in [0.5, 0.6) is 12.0 Å². The number of aliphatic carboxylic acids is 2. The van der Waals surface area contributed by atoms with Crippen molar-refractivity contribution in [2.24, 2.45) is 0 Å². The largest absolute Gasteiger partial charge is 1.00 e. The summed E-state index contributed by atoms with van der Waals surface area (Å²) in [6, 6.07) is 15.4. The number of nitrogens with zero attached hydrogens (tertiary/aromatic N) is 2. The second-order valence-corrected chi connectivity index (χ2v) is 7.72. The Bertz CT molecular complexity index is 1180. The minimum absolute atomic E-state index is 0. The van der Waals surface area contributed by atoms with E-state index < -0.39 is 11.9 Å². The molecule has 4 aromatic rings. The summed E-state index contributed by atoms with van der Waals surface area (Å²) >= 11 is 9.77. The molecule has 0 aliphatic heterocycles. The topological polar surface area (TPSA) is 156 Å². The summed E-state index contributed by atoms with van der Waals surface area (Å²) in [5.41, 5.74) is 3.21. The van der Waals surface area contributed by atoms with Crippen LogP contribution in [0.2, 0.25) is 0 Å². The molecule has 0 fully saturated rings. The van der Waals surface area contributed by atoms with Gasteiger partial charge in [0.05, 0.1) is 22.1 Å². The zero-order valence-electron chi connectivity index (χ0n) is 19.6. The Kier molecular flexibility index (Phi) is 14.3. The SMILES string of the molecule is O=C([O-])CCC(=S)Oc1nc2ccccc2[nH]1.O=C([O-])CCC(=S)Oc1nc2ccccc2[nH]1.[Na+].[Na+]. The molecule has 176 valence electrons. The molecular formula is C22H18N4Na2O6S2. The number of aromatic amines is 2. The summed E-state index contributed by atoms with van der Waals surface area (Å²) in [6.45, 7) is 0. The van der Waals surface area contributed by atoms with Gasteiger partial charge in [0, 0.05) is 24.8 Å². The average molecular weight is 545 g/mol. The summed E-state index contributed by atoms with van der Waals surface area (Å²) in [7, 11) is 0. The van der Waals surface area contributed by atoms with E-state index in [1.807, 2.05) is 48.5 Å². The van der Waals surface area contributed by atoms with E-state index in [9.17, 15) is 19.8 Å². The standard InChI is InChI=1S/2C11H10N2O3S.2Na/c2*14-9(15)5-6-10(17)16-11-12-7-3-1-2-4-8(7)13-11;;/h2*1-4H,5-6H2,(H,12,13)(H,14,15);;/q;;2*+1/p-2. The fraction of sp³-hybridized carbons (Fsp3) is 0.182. The molecule has 0 amide bonds. The number of carboxylic acid groups (broad SMARTS) is 2. The maximum Gasteiger partial charge on any atom is 1.00 e. The number of para-hydroxylation sites is 4. The predicted molar refractivity (Wildman–Crippen MR) is 127 cm³/mol. The van der Waals surface area contributed by atoms with E-state index in [0.717, 1.165) is 22.1 Å². The molecule has 0 radical (unpaired) electrons. The monoisotopic (exact) mass is 544 g/mol. The Hall–Kier alpha value is -1.90. The van der Waals surface area contributed by atoms with Crippen LogP contribution in [0.1, 0.15) is 25.7 Å². The molecule has 14 heteroatoms. The minimum atomic E-state index is -1.15. The van der Waals surface area contributed by atoms with Crippen LogP contribution in [0.3, 0.4) is 0 Å². The van der Waals surface area contributed by atoms with Gasteiger partial charge in [-0.2, -0.15) is 9.97 Å². The molecule has 2 heterocycles. The van der Waals surface area contributed by atoms with Crippen LogP contribution in [0.15, 0.2) is 48.5 Å². The predicted octanol–water partition coefficient (Wildman–Crippen LogP) is -4.39. The van der Waals surface area contributed by atoms with Crippen molar-refractivity contribution in [3.05, 3.63) is 48.5 Å². The zero-order chi connectivity index (χ0) is 24.5. The normalized spacial score (nSPS) is 9.78. The van der Waals surface area contributed by atoms with E-state index >= 15 is 0 Å². The van der Waals surface area contributed by atoms with Crippen LogP contribution in [-0.2, 0) is 9.59 Å². The van der Waals surface area contributed by atoms with E-state index in [2.05, 4.69) is 19.9 Å². The van der Waals surface area contributed by atoms with Crippen molar-refractivity contribution in [2.75, 3.05) is 0 Å². The first-order chi connectivity index (χ1) is 16.3. The van der Waals surface area contributed by atoms with Crippen molar-refractivity contribution in [2.45, 2.75) is 25.7 Å². The van der Waals surface area contributed by atoms with Crippen LogP contribution >= 0.6 is 24.4 Å². The van der Waals surface area contributed by atoms with Crippen LogP contribution in [0.4, 0.5) is 0 Å². The van der Waals surface area contributed by atoms with Crippen LogP contribution in [0, 0.1) is 0 Å². The summed E-state index contributed by atoms with van der Waals surface area (Å²) in [6.07, 6.45) is -0.0401. The van der Waals surface area contributed by atoms with Crippen molar-refractivity contribution in [3.8, 4) is 12.0 Å². The van der Waals surface area contributed by atoms with Gasteiger partial charge in [-0.05, 0) is 61.5 Å². The number of H-pyrrole nitrogens is 2. The van der Waals surface area contributed by atoms with Crippen LogP contribution in [0.25, 0.3) is 22.1 Å². The number of fused-ring (bicyclic) bond motifs is 2. The second-order valence-electron chi connectivity index (χ2n) is 6.81. The summed E-state index contributed by atoms with van der Waals surface area (Å²) in [4.78, 5) is 34.7. The molecule has 2 N–H and O–H groups in total. The number of carbonyl (C=O) groups is 2. The van der Waals surface area contributed by atoms with Gasteiger partial charge >= 0.3 is 71.1 Å². The number of benzene rings is 2. The first kappa shape index (κ1) is 32.1.